The van der Waals surface area contributed by atoms with Crippen LogP contribution in [0.1, 0.15) is 11.3 Å². The van der Waals surface area contributed by atoms with Gasteiger partial charge in [0.25, 0.3) is 0 Å². The Labute approximate surface area is 172 Å². The molecule has 0 unspecified atom stereocenters. The molecule has 1 aromatic heterocycles. The van der Waals surface area contributed by atoms with Gasteiger partial charge in [0.05, 0.1) is 0 Å². The summed E-state index contributed by atoms with van der Waals surface area (Å²) < 4.78 is 5.49. The van der Waals surface area contributed by atoms with Crippen molar-refractivity contribution in [2.24, 2.45) is 0 Å². The van der Waals surface area contributed by atoms with Crippen LogP contribution in [0.5, 0.6) is 0 Å². The lowest BCUT2D eigenvalue weighted by Crippen LogP contribution is -2.32. The minimum atomic E-state index is -0.337. The molecule has 0 saturated heterocycles. The van der Waals surface area contributed by atoms with Crippen LogP contribution in [0.3, 0.4) is 0 Å². The van der Waals surface area contributed by atoms with Gasteiger partial charge in [-0.3, -0.25) is 10.1 Å². The van der Waals surface area contributed by atoms with Gasteiger partial charge in [0.2, 0.25) is 5.91 Å². The van der Waals surface area contributed by atoms with Crippen LogP contribution in [0.2, 0.25) is 5.02 Å². The van der Waals surface area contributed by atoms with Crippen LogP contribution in [0.15, 0.2) is 71.2 Å². The van der Waals surface area contributed by atoms with Crippen molar-refractivity contribution in [2.45, 2.75) is 6.61 Å². The number of thiocarbonyl (C=S) groups is 1. The first-order valence-corrected chi connectivity index (χ1v) is 9.18. The lowest BCUT2D eigenvalue weighted by atomic mass is 10.1. The van der Waals surface area contributed by atoms with Crippen LogP contribution in [0, 0.1) is 0 Å². The highest BCUT2D eigenvalue weighted by atomic mass is 35.5. The Balaban J connectivity index is 1.54. The van der Waals surface area contributed by atoms with E-state index in [0.717, 1.165) is 16.8 Å². The Kier molecular flexibility index (Phi) is 6.60. The van der Waals surface area contributed by atoms with Crippen molar-refractivity contribution in [2.75, 3.05) is 5.32 Å². The predicted octanol–water partition coefficient (Wildman–Crippen LogP) is 4.62. The molecular weight excluding hydrogens is 396 g/mol. The van der Waals surface area contributed by atoms with Gasteiger partial charge in [-0.1, -0.05) is 23.7 Å². The molecule has 0 fully saturated rings. The molecule has 0 spiro atoms. The molecule has 0 bridgehead atoms. The van der Waals surface area contributed by atoms with E-state index in [4.69, 9.17) is 33.3 Å². The van der Waals surface area contributed by atoms with E-state index in [0.29, 0.717) is 16.5 Å². The van der Waals surface area contributed by atoms with Gasteiger partial charge in [0, 0.05) is 22.3 Å². The number of hydrogen-bond acceptors (Lipinski definition) is 4. The van der Waals surface area contributed by atoms with E-state index in [1.807, 2.05) is 36.4 Å². The van der Waals surface area contributed by atoms with Crippen molar-refractivity contribution < 1.29 is 14.3 Å². The van der Waals surface area contributed by atoms with E-state index >= 15 is 0 Å². The number of amides is 1. The minimum Gasteiger partial charge on any atom is -0.459 e. The fourth-order valence-electron chi connectivity index (χ4n) is 2.40. The van der Waals surface area contributed by atoms with Crippen LogP contribution in [0.25, 0.3) is 17.4 Å². The molecule has 7 heteroatoms. The highest BCUT2D eigenvalue weighted by molar-refractivity contribution is 7.80. The monoisotopic (exact) mass is 412 g/mol. The summed E-state index contributed by atoms with van der Waals surface area (Å²) in [6.45, 7) is -0.139. The molecule has 5 nitrogen and oxygen atoms in total. The molecule has 0 atom stereocenters. The molecule has 28 heavy (non-hydrogen) atoms. The summed E-state index contributed by atoms with van der Waals surface area (Å²) in [7, 11) is 0. The SMILES string of the molecule is O=C(/C=C/c1ccc(Cl)cc1)NC(=S)Nc1ccc(-c2ccc(CO)o2)cc1. The highest BCUT2D eigenvalue weighted by Crippen LogP contribution is 2.23. The molecule has 3 rings (SSSR count). The van der Waals surface area contributed by atoms with Crippen LogP contribution >= 0.6 is 23.8 Å². The number of halogens is 1. The summed E-state index contributed by atoms with van der Waals surface area (Å²) in [6.07, 6.45) is 3.07. The van der Waals surface area contributed by atoms with Crippen LogP contribution in [-0.2, 0) is 11.4 Å². The number of anilines is 1. The van der Waals surface area contributed by atoms with Crippen molar-refractivity contribution >= 4 is 46.6 Å². The lowest BCUT2D eigenvalue weighted by Gasteiger charge is -2.08. The summed E-state index contributed by atoms with van der Waals surface area (Å²) in [5, 5.41) is 15.4. The number of rotatable bonds is 5. The lowest BCUT2D eigenvalue weighted by molar-refractivity contribution is -0.115. The smallest absolute Gasteiger partial charge is 0.250 e. The number of aliphatic hydroxyl groups is 1. The van der Waals surface area contributed by atoms with Crippen LogP contribution in [0.4, 0.5) is 5.69 Å². The predicted molar refractivity (Wildman–Crippen MR) is 115 cm³/mol. The summed E-state index contributed by atoms with van der Waals surface area (Å²) >= 11 is 11.0. The third-order valence-corrected chi connectivity index (χ3v) is 4.23. The molecule has 142 valence electrons. The van der Waals surface area contributed by atoms with Gasteiger partial charge < -0.3 is 14.8 Å². The fraction of sp³-hybridized carbons (Fsp3) is 0.0476. The molecule has 0 aliphatic heterocycles. The average Bonchev–Trinajstić information content (AvgIpc) is 3.17. The van der Waals surface area contributed by atoms with Crippen molar-refractivity contribution in [1.29, 1.82) is 0 Å². The molecule has 0 radical (unpaired) electrons. The van der Waals surface area contributed by atoms with E-state index in [1.165, 1.54) is 6.08 Å². The molecular formula is C21H17ClN2O3S. The average molecular weight is 413 g/mol. The summed E-state index contributed by atoms with van der Waals surface area (Å²) in [6, 6.07) is 18.0. The van der Waals surface area contributed by atoms with E-state index in [-0.39, 0.29) is 17.6 Å². The molecule has 3 aromatic rings. The van der Waals surface area contributed by atoms with E-state index in [2.05, 4.69) is 10.6 Å². The maximum atomic E-state index is 12.0. The third kappa shape index (κ3) is 5.53. The standard InChI is InChI=1S/C21H17ClN2O3S/c22-16-6-1-14(2-7-16)3-12-20(26)24-21(28)23-17-8-4-15(5-9-17)19-11-10-18(13-25)27-19/h1-12,25H,13H2,(H2,23,24,26,28)/b12-3+. The minimum absolute atomic E-state index is 0.139. The topological polar surface area (TPSA) is 74.5 Å². The number of benzene rings is 2. The number of furan rings is 1. The first-order valence-electron chi connectivity index (χ1n) is 8.39. The zero-order valence-corrected chi connectivity index (χ0v) is 16.3. The molecule has 1 amide bonds. The number of aliphatic hydroxyl groups excluding tert-OH is 1. The molecule has 0 aliphatic rings. The van der Waals surface area contributed by atoms with Gasteiger partial charge in [-0.2, -0.15) is 0 Å². The van der Waals surface area contributed by atoms with Gasteiger partial charge in [-0.05, 0) is 72.4 Å². The Morgan fingerprint density at radius 2 is 1.79 bits per heavy atom. The van der Waals surface area contributed by atoms with Gasteiger partial charge in [-0.25, -0.2) is 0 Å². The first-order chi connectivity index (χ1) is 13.5. The molecule has 2 aromatic carbocycles. The van der Waals surface area contributed by atoms with Gasteiger partial charge in [0.15, 0.2) is 5.11 Å². The van der Waals surface area contributed by atoms with Crippen molar-refractivity contribution in [1.82, 2.24) is 5.32 Å². The van der Waals surface area contributed by atoms with Gasteiger partial charge >= 0.3 is 0 Å². The summed E-state index contributed by atoms with van der Waals surface area (Å²) in [4.78, 5) is 12.0. The van der Waals surface area contributed by atoms with Crippen molar-refractivity contribution in [3.63, 3.8) is 0 Å². The van der Waals surface area contributed by atoms with Crippen molar-refractivity contribution in [3.8, 4) is 11.3 Å². The number of carbonyl (C=O) groups is 1. The maximum Gasteiger partial charge on any atom is 0.250 e. The normalized spacial score (nSPS) is 10.8. The van der Waals surface area contributed by atoms with E-state index in [1.54, 1.807) is 30.3 Å². The molecule has 3 N–H and O–H groups in total. The fourth-order valence-corrected chi connectivity index (χ4v) is 2.74. The van der Waals surface area contributed by atoms with Crippen LogP contribution in [-0.4, -0.2) is 16.1 Å². The van der Waals surface area contributed by atoms with Crippen LogP contribution < -0.4 is 10.6 Å². The zero-order chi connectivity index (χ0) is 19.9. The van der Waals surface area contributed by atoms with E-state index in [9.17, 15) is 4.79 Å². The largest absolute Gasteiger partial charge is 0.459 e. The molecule has 0 saturated carbocycles. The highest BCUT2D eigenvalue weighted by Gasteiger charge is 2.06. The molecule has 0 aliphatic carbocycles. The summed E-state index contributed by atoms with van der Waals surface area (Å²) in [5.41, 5.74) is 2.45. The number of hydrogen-bond donors (Lipinski definition) is 3. The Bertz CT molecular complexity index is 995. The number of carbonyl (C=O) groups excluding carboxylic acids is 1. The Morgan fingerprint density at radius 3 is 2.43 bits per heavy atom. The van der Waals surface area contributed by atoms with Crippen molar-refractivity contribution in [3.05, 3.63) is 83.1 Å². The third-order valence-electron chi connectivity index (χ3n) is 3.78. The quantitative estimate of drug-likeness (QED) is 0.421. The second kappa shape index (κ2) is 9.32. The second-order valence-corrected chi connectivity index (χ2v) is 6.67. The zero-order valence-electron chi connectivity index (χ0n) is 14.7. The molecule has 1 heterocycles. The maximum absolute atomic E-state index is 12.0. The van der Waals surface area contributed by atoms with E-state index < -0.39 is 0 Å². The van der Waals surface area contributed by atoms with Gasteiger partial charge in [0.1, 0.15) is 18.1 Å². The first kappa shape index (κ1) is 19.8. The second-order valence-electron chi connectivity index (χ2n) is 5.83. The Hall–Kier alpha value is -2.93. The van der Waals surface area contributed by atoms with Gasteiger partial charge in [-0.15, -0.1) is 0 Å². The Morgan fingerprint density at radius 1 is 1.07 bits per heavy atom. The summed E-state index contributed by atoms with van der Waals surface area (Å²) in [5.74, 6) is 0.836. The number of nitrogens with one attached hydrogen (secondary N) is 2.